The summed E-state index contributed by atoms with van der Waals surface area (Å²) in [5, 5.41) is 18.0. The van der Waals surface area contributed by atoms with Crippen LogP contribution in [0.15, 0.2) is 30.3 Å². The Labute approximate surface area is 99.0 Å². The van der Waals surface area contributed by atoms with Gasteiger partial charge >= 0.3 is 0 Å². The minimum Gasteiger partial charge on any atom is -0.383 e. The van der Waals surface area contributed by atoms with E-state index in [0.29, 0.717) is 17.0 Å². The van der Waals surface area contributed by atoms with Crippen LogP contribution >= 0.6 is 0 Å². The molecule has 0 radical (unpaired) electrons. The van der Waals surface area contributed by atoms with Gasteiger partial charge in [0, 0.05) is 11.1 Å². The van der Waals surface area contributed by atoms with Crippen LogP contribution in [0.2, 0.25) is 0 Å². The summed E-state index contributed by atoms with van der Waals surface area (Å²) in [5.74, 6) is -0.422. The van der Waals surface area contributed by atoms with E-state index in [4.69, 9.17) is 0 Å². The van der Waals surface area contributed by atoms with Gasteiger partial charge in [-0.1, -0.05) is 18.2 Å². The van der Waals surface area contributed by atoms with Crippen LogP contribution in [0.5, 0.6) is 0 Å². The van der Waals surface area contributed by atoms with Crippen molar-refractivity contribution in [2.45, 2.75) is 20.0 Å². The molecule has 0 fully saturated rings. The van der Waals surface area contributed by atoms with E-state index in [1.165, 1.54) is 6.07 Å². The molecule has 3 nitrogen and oxygen atoms in total. The quantitative estimate of drug-likeness (QED) is 0.864. The molecule has 0 amide bonds. The van der Waals surface area contributed by atoms with Crippen LogP contribution in [0.3, 0.4) is 0 Å². The third-order valence-electron chi connectivity index (χ3n) is 2.63. The Morgan fingerprint density at radius 1 is 1.12 bits per heavy atom. The summed E-state index contributed by atoms with van der Waals surface area (Å²) in [7, 11) is 0. The van der Waals surface area contributed by atoms with Crippen LogP contribution in [0.1, 0.15) is 28.6 Å². The summed E-state index contributed by atoms with van der Waals surface area (Å²) in [6, 6.07) is 7.90. The normalized spacial score (nSPS) is 12.5. The van der Waals surface area contributed by atoms with Gasteiger partial charge in [-0.05, 0) is 26.0 Å². The number of halogens is 1. The van der Waals surface area contributed by atoms with Crippen molar-refractivity contribution in [2.75, 3.05) is 0 Å². The largest absolute Gasteiger partial charge is 0.383 e. The van der Waals surface area contributed by atoms with E-state index >= 15 is 0 Å². The van der Waals surface area contributed by atoms with Crippen molar-refractivity contribution in [3.05, 3.63) is 58.7 Å². The first-order valence-electron chi connectivity index (χ1n) is 5.33. The number of hydrogen-bond donors (Lipinski definition) is 1. The van der Waals surface area contributed by atoms with Gasteiger partial charge in [0.15, 0.2) is 0 Å². The third-order valence-corrected chi connectivity index (χ3v) is 2.63. The Balaban J connectivity index is 2.47. The van der Waals surface area contributed by atoms with Gasteiger partial charge in [0.1, 0.15) is 11.9 Å². The van der Waals surface area contributed by atoms with Gasteiger partial charge in [-0.15, -0.1) is 0 Å². The van der Waals surface area contributed by atoms with Crippen molar-refractivity contribution in [3.63, 3.8) is 0 Å². The topological polar surface area (TPSA) is 46.0 Å². The molecule has 0 aliphatic carbocycles. The fourth-order valence-electron chi connectivity index (χ4n) is 1.71. The molecule has 2 rings (SSSR count). The van der Waals surface area contributed by atoms with E-state index in [0.717, 1.165) is 0 Å². The zero-order valence-electron chi connectivity index (χ0n) is 9.68. The number of nitrogens with zero attached hydrogens (tertiary/aromatic N) is 2. The number of aliphatic hydroxyl groups is 1. The Kier molecular flexibility index (Phi) is 3.15. The highest BCUT2D eigenvalue weighted by molar-refractivity contribution is 5.32. The lowest BCUT2D eigenvalue weighted by Crippen LogP contribution is -2.07. The molecule has 4 heteroatoms. The summed E-state index contributed by atoms with van der Waals surface area (Å²) in [4.78, 5) is 0. The average molecular weight is 232 g/mol. The molecule has 17 heavy (non-hydrogen) atoms. The van der Waals surface area contributed by atoms with Crippen LogP contribution in [0, 0.1) is 19.7 Å². The number of aryl methyl sites for hydroxylation is 2. The van der Waals surface area contributed by atoms with Gasteiger partial charge in [-0.3, -0.25) is 0 Å². The molecule has 0 aliphatic heterocycles. The first-order valence-corrected chi connectivity index (χ1v) is 5.33. The Morgan fingerprint density at radius 2 is 1.82 bits per heavy atom. The maximum Gasteiger partial charge on any atom is 0.129 e. The number of benzene rings is 1. The molecule has 0 aliphatic rings. The molecule has 88 valence electrons. The van der Waals surface area contributed by atoms with Crippen LogP contribution in [-0.2, 0) is 0 Å². The minimum absolute atomic E-state index is 0.253. The second-order valence-corrected chi connectivity index (χ2v) is 3.95. The molecule has 1 aromatic heterocycles. The molecular formula is C13H13FN2O. The molecule has 1 unspecified atom stereocenters. The molecule has 1 atom stereocenters. The first-order chi connectivity index (χ1) is 8.09. The molecule has 0 saturated carbocycles. The Morgan fingerprint density at radius 3 is 2.53 bits per heavy atom. The first kappa shape index (κ1) is 11.7. The third kappa shape index (κ3) is 2.31. The molecule has 0 spiro atoms. The smallest absolute Gasteiger partial charge is 0.129 e. The van der Waals surface area contributed by atoms with Crippen LogP contribution in [-0.4, -0.2) is 15.3 Å². The monoisotopic (exact) mass is 232 g/mol. The van der Waals surface area contributed by atoms with E-state index in [-0.39, 0.29) is 5.56 Å². The van der Waals surface area contributed by atoms with Crippen LogP contribution in [0.25, 0.3) is 0 Å². The molecule has 1 N–H and O–H groups in total. The maximum atomic E-state index is 13.6. The van der Waals surface area contributed by atoms with Crippen molar-refractivity contribution in [3.8, 4) is 0 Å². The highest BCUT2D eigenvalue weighted by atomic mass is 19.1. The van der Waals surface area contributed by atoms with E-state index in [1.807, 2.05) is 0 Å². The van der Waals surface area contributed by atoms with Gasteiger partial charge in [-0.2, -0.15) is 10.2 Å². The Hall–Kier alpha value is -1.81. The van der Waals surface area contributed by atoms with Gasteiger partial charge in [0.05, 0.1) is 11.4 Å². The fraction of sp³-hybridized carbons (Fsp3) is 0.231. The van der Waals surface area contributed by atoms with Gasteiger partial charge in [0.2, 0.25) is 0 Å². The molecule has 0 saturated heterocycles. The lowest BCUT2D eigenvalue weighted by atomic mass is 10.00. The van der Waals surface area contributed by atoms with E-state index in [9.17, 15) is 9.50 Å². The Bertz CT molecular complexity index is 543. The van der Waals surface area contributed by atoms with E-state index in [1.54, 1.807) is 38.1 Å². The summed E-state index contributed by atoms with van der Waals surface area (Å²) < 4.78 is 13.6. The predicted octanol–water partition coefficient (Wildman–Crippen LogP) is 2.31. The summed E-state index contributed by atoms with van der Waals surface area (Å²) in [6.07, 6.45) is -1.01. The second kappa shape index (κ2) is 4.59. The lowest BCUT2D eigenvalue weighted by molar-refractivity contribution is 0.213. The van der Waals surface area contributed by atoms with E-state index in [2.05, 4.69) is 10.2 Å². The number of hydrogen-bond acceptors (Lipinski definition) is 3. The SMILES string of the molecule is Cc1cc(C(O)c2ccccc2F)c(C)nn1. The molecular weight excluding hydrogens is 219 g/mol. The van der Waals surface area contributed by atoms with Gasteiger partial charge in [-0.25, -0.2) is 4.39 Å². The average Bonchev–Trinajstić information content (AvgIpc) is 2.32. The summed E-state index contributed by atoms with van der Waals surface area (Å²) in [5.41, 5.74) is 2.14. The second-order valence-electron chi connectivity index (χ2n) is 3.95. The molecule has 1 aromatic carbocycles. The van der Waals surface area contributed by atoms with Crippen LogP contribution < -0.4 is 0 Å². The summed E-state index contributed by atoms with van der Waals surface area (Å²) in [6.45, 7) is 3.52. The van der Waals surface area contributed by atoms with Gasteiger partial charge in [0.25, 0.3) is 0 Å². The standard InChI is InChI=1S/C13H13FN2O/c1-8-7-11(9(2)16-15-8)13(17)10-5-3-4-6-12(10)14/h3-7,13,17H,1-2H3. The van der Waals surface area contributed by atoms with Gasteiger partial charge < -0.3 is 5.11 Å². The van der Waals surface area contributed by atoms with Crippen molar-refractivity contribution in [1.29, 1.82) is 0 Å². The minimum atomic E-state index is -1.01. The summed E-state index contributed by atoms with van der Waals surface area (Å²) >= 11 is 0. The van der Waals surface area contributed by atoms with Crippen molar-refractivity contribution in [2.24, 2.45) is 0 Å². The van der Waals surface area contributed by atoms with Crippen molar-refractivity contribution >= 4 is 0 Å². The molecule has 1 heterocycles. The number of aromatic nitrogens is 2. The van der Waals surface area contributed by atoms with Crippen molar-refractivity contribution < 1.29 is 9.50 Å². The maximum absolute atomic E-state index is 13.6. The molecule has 0 bridgehead atoms. The van der Waals surface area contributed by atoms with Crippen molar-refractivity contribution in [1.82, 2.24) is 10.2 Å². The number of aliphatic hydroxyl groups excluding tert-OH is 1. The molecule has 2 aromatic rings. The highest BCUT2D eigenvalue weighted by Gasteiger charge is 2.17. The fourth-order valence-corrected chi connectivity index (χ4v) is 1.71. The highest BCUT2D eigenvalue weighted by Crippen LogP contribution is 2.25. The van der Waals surface area contributed by atoms with E-state index < -0.39 is 11.9 Å². The predicted molar refractivity (Wildman–Crippen MR) is 62.0 cm³/mol. The zero-order valence-corrected chi connectivity index (χ0v) is 9.68. The zero-order chi connectivity index (χ0) is 12.4. The van der Waals surface area contributed by atoms with Crippen LogP contribution in [0.4, 0.5) is 4.39 Å². The lowest BCUT2D eigenvalue weighted by Gasteiger charge is -2.14. The number of rotatable bonds is 2.